The van der Waals surface area contributed by atoms with E-state index in [9.17, 15) is 23.3 Å². The molecule has 6 nitrogen and oxygen atoms in total. The van der Waals surface area contributed by atoms with Crippen LogP contribution < -0.4 is 5.43 Å². The summed E-state index contributed by atoms with van der Waals surface area (Å²) in [6.45, 7) is 0. The Labute approximate surface area is 167 Å². The van der Waals surface area contributed by atoms with Gasteiger partial charge in [0.15, 0.2) is 0 Å². The van der Waals surface area contributed by atoms with Crippen LogP contribution in [0.1, 0.15) is 11.1 Å². The maximum absolute atomic E-state index is 12.6. The molecule has 0 amide bonds. The first kappa shape index (κ1) is 20.3. The molecule has 0 aliphatic heterocycles. The predicted molar refractivity (Wildman–Crippen MR) is 104 cm³/mol. The average molecular weight is 418 g/mol. The Morgan fingerprint density at radius 3 is 2.48 bits per heavy atom. The van der Waals surface area contributed by atoms with Gasteiger partial charge in [-0.15, -0.1) is 0 Å². The van der Waals surface area contributed by atoms with E-state index in [0.717, 1.165) is 23.5 Å². The number of hydrogen-bond acceptors (Lipinski definition) is 6. The van der Waals surface area contributed by atoms with E-state index in [1.165, 1.54) is 24.4 Å². The lowest BCUT2D eigenvalue weighted by Gasteiger charge is -2.07. The first-order valence-corrected chi connectivity index (χ1v) is 8.98. The third-order valence-corrected chi connectivity index (χ3v) is 4.65. The van der Waals surface area contributed by atoms with Crippen molar-refractivity contribution >= 4 is 29.4 Å². The highest BCUT2D eigenvalue weighted by Gasteiger charge is 2.30. The lowest BCUT2D eigenvalue weighted by Crippen LogP contribution is -2.05. The summed E-state index contributed by atoms with van der Waals surface area (Å²) in [6, 6.07) is 15.7. The molecule has 0 radical (unpaired) electrons. The van der Waals surface area contributed by atoms with Crippen molar-refractivity contribution in [3.05, 3.63) is 88.1 Å². The van der Waals surface area contributed by atoms with Gasteiger partial charge in [-0.1, -0.05) is 36.0 Å². The van der Waals surface area contributed by atoms with Gasteiger partial charge >= 0.3 is 6.18 Å². The van der Waals surface area contributed by atoms with Crippen LogP contribution in [-0.2, 0) is 6.18 Å². The van der Waals surface area contributed by atoms with E-state index < -0.39 is 16.7 Å². The number of halogens is 3. The monoisotopic (exact) mass is 418 g/mol. The Kier molecular flexibility index (Phi) is 6.13. The average Bonchev–Trinajstić information content (AvgIpc) is 2.69. The smallest absolute Gasteiger partial charge is 0.279 e. The van der Waals surface area contributed by atoms with Crippen molar-refractivity contribution < 1.29 is 18.1 Å². The van der Waals surface area contributed by atoms with Crippen LogP contribution >= 0.6 is 11.8 Å². The predicted octanol–water partition coefficient (Wildman–Crippen LogP) is 5.61. The van der Waals surface area contributed by atoms with Crippen LogP contribution in [-0.4, -0.2) is 16.1 Å². The molecule has 2 aromatic carbocycles. The zero-order chi connectivity index (χ0) is 20.9. The lowest BCUT2D eigenvalue weighted by molar-refractivity contribution is -0.387. The highest BCUT2D eigenvalue weighted by molar-refractivity contribution is 7.99. The third kappa shape index (κ3) is 5.55. The van der Waals surface area contributed by atoms with Crippen LogP contribution in [0.5, 0.6) is 0 Å². The molecule has 0 saturated heterocycles. The Morgan fingerprint density at radius 1 is 1.10 bits per heavy atom. The minimum atomic E-state index is -4.49. The number of aromatic nitrogens is 1. The fraction of sp³-hybridized carbons (Fsp3) is 0.0526. The molecule has 0 aliphatic rings. The Morgan fingerprint density at radius 2 is 1.86 bits per heavy atom. The summed E-state index contributed by atoms with van der Waals surface area (Å²) < 4.78 is 37.9. The summed E-state index contributed by atoms with van der Waals surface area (Å²) in [7, 11) is 0. The van der Waals surface area contributed by atoms with E-state index in [4.69, 9.17) is 0 Å². The van der Waals surface area contributed by atoms with Crippen LogP contribution in [0.3, 0.4) is 0 Å². The van der Waals surface area contributed by atoms with Crippen LogP contribution in [0.15, 0.2) is 81.9 Å². The number of hydrogen-bond donors (Lipinski definition) is 1. The van der Waals surface area contributed by atoms with Gasteiger partial charge in [-0.25, -0.2) is 4.98 Å². The van der Waals surface area contributed by atoms with Gasteiger partial charge in [0.25, 0.3) is 5.69 Å². The number of anilines is 1. The fourth-order valence-electron chi connectivity index (χ4n) is 2.26. The van der Waals surface area contributed by atoms with Crippen molar-refractivity contribution in [1.82, 2.24) is 4.98 Å². The highest BCUT2D eigenvalue weighted by Crippen LogP contribution is 2.35. The summed E-state index contributed by atoms with van der Waals surface area (Å²) in [5.74, 6) is 0. The summed E-state index contributed by atoms with van der Waals surface area (Å²) in [4.78, 5) is 14.8. The largest absolute Gasteiger partial charge is 0.417 e. The summed E-state index contributed by atoms with van der Waals surface area (Å²) in [5, 5.41) is 15.7. The van der Waals surface area contributed by atoms with Crippen LogP contribution in [0.2, 0.25) is 0 Å². The number of nitro benzene ring substituents is 1. The number of nitro groups is 1. The number of hydrazone groups is 1. The lowest BCUT2D eigenvalue weighted by atomic mass is 10.2. The van der Waals surface area contributed by atoms with Crippen molar-refractivity contribution in [1.29, 1.82) is 0 Å². The molecule has 3 rings (SSSR count). The molecule has 0 bridgehead atoms. The van der Waals surface area contributed by atoms with Crippen LogP contribution in [0.4, 0.5) is 24.5 Å². The molecule has 0 unspecified atom stereocenters. The fourth-order valence-corrected chi connectivity index (χ4v) is 3.10. The molecule has 0 saturated carbocycles. The maximum atomic E-state index is 12.6. The van der Waals surface area contributed by atoms with E-state index in [2.05, 4.69) is 15.5 Å². The minimum absolute atomic E-state index is 0.194. The molecule has 1 aromatic heterocycles. The number of nitrogens with zero attached hydrogens (tertiary/aromatic N) is 3. The molecular weight excluding hydrogens is 405 g/mol. The standard InChI is InChI=1S/C19H13F3N4O2S/c20-19(21,22)14-7-9-18(23-12-14)29-17-8-6-13(10-16(17)26(27)28)11-24-25-15-4-2-1-3-5-15/h1-12,25H. The molecule has 1 N–H and O–H groups in total. The van der Waals surface area contributed by atoms with Gasteiger partial charge in [0, 0.05) is 17.8 Å². The van der Waals surface area contributed by atoms with E-state index in [-0.39, 0.29) is 15.6 Å². The van der Waals surface area contributed by atoms with Gasteiger partial charge in [-0.2, -0.15) is 18.3 Å². The molecular formula is C19H13F3N4O2S. The molecule has 10 heteroatoms. The second-order valence-electron chi connectivity index (χ2n) is 5.71. The van der Waals surface area contributed by atoms with Crippen molar-refractivity contribution in [3.63, 3.8) is 0 Å². The first-order valence-electron chi connectivity index (χ1n) is 8.16. The van der Waals surface area contributed by atoms with Crippen molar-refractivity contribution in [2.75, 3.05) is 5.43 Å². The van der Waals surface area contributed by atoms with E-state index >= 15 is 0 Å². The van der Waals surface area contributed by atoms with E-state index in [1.807, 2.05) is 30.3 Å². The SMILES string of the molecule is O=[N+]([O-])c1cc(C=NNc2ccccc2)ccc1Sc1ccc(C(F)(F)F)cn1. The van der Waals surface area contributed by atoms with Gasteiger partial charge in [0.1, 0.15) is 5.03 Å². The zero-order valence-corrected chi connectivity index (χ0v) is 15.4. The van der Waals surface area contributed by atoms with Crippen molar-refractivity contribution in [3.8, 4) is 0 Å². The van der Waals surface area contributed by atoms with Crippen molar-refractivity contribution in [2.45, 2.75) is 16.1 Å². The third-order valence-electron chi connectivity index (χ3n) is 3.64. The second kappa shape index (κ2) is 8.74. The number of rotatable bonds is 6. The minimum Gasteiger partial charge on any atom is -0.279 e. The Balaban J connectivity index is 1.76. The molecule has 0 aliphatic carbocycles. The maximum Gasteiger partial charge on any atom is 0.417 e. The molecule has 3 aromatic rings. The Hall–Kier alpha value is -3.40. The molecule has 0 fully saturated rings. The summed E-state index contributed by atoms with van der Waals surface area (Å²) >= 11 is 0.911. The number of benzene rings is 2. The van der Waals surface area contributed by atoms with Crippen LogP contribution in [0, 0.1) is 10.1 Å². The highest BCUT2D eigenvalue weighted by atomic mass is 32.2. The number of alkyl halides is 3. The molecule has 29 heavy (non-hydrogen) atoms. The molecule has 0 spiro atoms. The summed E-state index contributed by atoms with van der Waals surface area (Å²) in [5.41, 5.74) is 2.98. The first-order chi connectivity index (χ1) is 13.8. The van der Waals surface area contributed by atoms with Gasteiger partial charge in [-0.3, -0.25) is 15.5 Å². The van der Waals surface area contributed by atoms with E-state index in [0.29, 0.717) is 11.8 Å². The second-order valence-corrected chi connectivity index (χ2v) is 6.77. The van der Waals surface area contributed by atoms with E-state index in [1.54, 1.807) is 6.07 Å². The number of para-hydroxylation sites is 1. The molecule has 0 atom stereocenters. The van der Waals surface area contributed by atoms with Gasteiger partial charge in [-0.05, 0) is 30.3 Å². The van der Waals surface area contributed by atoms with Gasteiger partial charge < -0.3 is 0 Å². The number of nitrogens with one attached hydrogen (secondary N) is 1. The number of pyridine rings is 1. The van der Waals surface area contributed by atoms with Crippen LogP contribution in [0.25, 0.3) is 0 Å². The van der Waals surface area contributed by atoms with Crippen molar-refractivity contribution in [2.24, 2.45) is 5.10 Å². The topological polar surface area (TPSA) is 80.4 Å². The normalized spacial score (nSPS) is 11.6. The Bertz CT molecular complexity index is 1030. The summed E-state index contributed by atoms with van der Waals surface area (Å²) in [6.07, 6.45) is -2.35. The van der Waals surface area contributed by atoms with Gasteiger partial charge in [0.2, 0.25) is 0 Å². The quantitative estimate of drug-likeness (QED) is 0.320. The zero-order valence-electron chi connectivity index (χ0n) is 14.6. The molecule has 148 valence electrons. The van der Waals surface area contributed by atoms with Gasteiger partial charge in [0.05, 0.1) is 27.3 Å². The molecule has 1 heterocycles.